The van der Waals surface area contributed by atoms with Gasteiger partial charge in [0.25, 0.3) is 5.91 Å². The first-order chi connectivity index (χ1) is 14.5. The molecule has 30 heavy (non-hydrogen) atoms. The third-order valence-corrected chi connectivity index (χ3v) is 5.28. The number of aryl methyl sites for hydroxylation is 1. The van der Waals surface area contributed by atoms with Crippen molar-refractivity contribution in [3.05, 3.63) is 71.0 Å². The molecule has 0 aliphatic carbocycles. The number of hydrogen-bond acceptors (Lipinski definition) is 5. The molecule has 6 heteroatoms. The van der Waals surface area contributed by atoms with Gasteiger partial charge < -0.3 is 19.5 Å². The molecule has 0 saturated carbocycles. The highest BCUT2D eigenvalue weighted by atomic mass is 16.5. The number of carbonyl (C=O) groups excluding carboxylic acids is 2. The largest absolute Gasteiger partial charge is 0.503 e. The first-order valence-corrected chi connectivity index (χ1v) is 10.1. The van der Waals surface area contributed by atoms with Crippen molar-refractivity contribution < 1.29 is 24.2 Å². The van der Waals surface area contributed by atoms with Crippen molar-refractivity contribution in [3.8, 4) is 11.5 Å². The maximum Gasteiger partial charge on any atom is 0.290 e. The van der Waals surface area contributed by atoms with Crippen LogP contribution >= 0.6 is 0 Å². The second-order valence-electron chi connectivity index (χ2n) is 7.15. The number of amides is 1. The number of hydrogen-bond donors (Lipinski definition) is 1. The minimum atomic E-state index is -0.717. The highest BCUT2D eigenvalue weighted by Crippen LogP contribution is 2.44. The van der Waals surface area contributed by atoms with E-state index in [-0.39, 0.29) is 17.8 Å². The van der Waals surface area contributed by atoms with E-state index in [0.29, 0.717) is 36.4 Å². The molecule has 158 valence electrons. The quantitative estimate of drug-likeness (QED) is 0.677. The van der Waals surface area contributed by atoms with Crippen LogP contribution in [-0.2, 0) is 16.0 Å². The van der Waals surface area contributed by atoms with E-state index in [9.17, 15) is 14.7 Å². The first kappa shape index (κ1) is 21.4. The highest BCUT2D eigenvalue weighted by Gasteiger charge is 2.44. The number of rotatable bonds is 9. The van der Waals surface area contributed by atoms with E-state index in [2.05, 4.69) is 0 Å². The van der Waals surface area contributed by atoms with E-state index in [1.807, 2.05) is 37.3 Å². The van der Waals surface area contributed by atoms with Crippen molar-refractivity contribution in [3.63, 3.8) is 0 Å². The molecule has 0 radical (unpaired) electrons. The maximum atomic E-state index is 13.2. The Balaban J connectivity index is 2.01. The molecular formula is C24H27NO5. The average molecular weight is 409 g/mol. The Labute approximate surface area is 176 Å². The Morgan fingerprint density at radius 1 is 1.07 bits per heavy atom. The van der Waals surface area contributed by atoms with E-state index >= 15 is 0 Å². The fraction of sp³-hybridized carbons (Fsp3) is 0.333. The van der Waals surface area contributed by atoms with Gasteiger partial charge in [0.1, 0.15) is 0 Å². The SMILES string of the molecule is CCCN1C(=O)C(O)=C(C(=O)CCc2ccccc2)C1c1cccc(OC)c1OC. The van der Waals surface area contributed by atoms with Crippen molar-refractivity contribution in [1.82, 2.24) is 4.90 Å². The number of ether oxygens (including phenoxy) is 2. The van der Waals surface area contributed by atoms with Crippen LogP contribution in [-0.4, -0.2) is 42.5 Å². The number of aliphatic hydroxyl groups is 1. The monoisotopic (exact) mass is 409 g/mol. The molecular weight excluding hydrogens is 382 g/mol. The lowest BCUT2D eigenvalue weighted by atomic mass is 9.92. The smallest absolute Gasteiger partial charge is 0.290 e. The van der Waals surface area contributed by atoms with Crippen LogP contribution in [0.1, 0.15) is 36.9 Å². The summed E-state index contributed by atoms with van der Waals surface area (Å²) in [5.74, 6) is -0.312. The van der Waals surface area contributed by atoms with Gasteiger partial charge in [-0.15, -0.1) is 0 Å². The molecule has 1 aliphatic rings. The summed E-state index contributed by atoms with van der Waals surface area (Å²) in [4.78, 5) is 27.5. The van der Waals surface area contributed by atoms with E-state index in [1.54, 1.807) is 18.2 Å². The molecule has 0 bridgehead atoms. The fourth-order valence-electron chi connectivity index (χ4n) is 3.90. The van der Waals surface area contributed by atoms with E-state index in [1.165, 1.54) is 19.1 Å². The minimum absolute atomic E-state index is 0.121. The molecule has 1 unspecified atom stereocenters. The number of aliphatic hydroxyl groups excluding tert-OH is 1. The Morgan fingerprint density at radius 3 is 2.43 bits per heavy atom. The van der Waals surface area contributed by atoms with Crippen molar-refractivity contribution >= 4 is 11.7 Å². The molecule has 2 aromatic rings. The van der Waals surface area contributed by atoms with Gasteiger partial charge in [0.2, 0.25) is 0 Å². The summed E-state index contributed by atoms with van der Waals surface area (Å²) in [6.45, 7) is 2.35. The average Bonchev–Trinajstić information content (AvgIpc) is 3.02. The zero-order chi connectivity index (χ0) is 21.7. The summed E-state index contributed by atoms with van der Waals surface area (Å²) in [6, 6.07) is 14.3. The maximum absolute atomic E-state index is 13.2. The fourth-order valence-corrected chi connectivity index (χ4v) is 3.90. The molecule has 6 nitrogen and oxygen atoms in total. The van der Waals surface area contributed by atoms with Gasteiger partial charge >= 0.3 is 0 Å². The molecule has 1 atom stereocenters. The van der Waals surface area contributed by atoms with Gasteiger partial charge in [0.05, 0.1) is 25.8 Å². The highest BCUT2D eigenvalue weighted by molar-refractivity contribution is 6.09. The van der Waals surface area contributed by atoms with E-state index in [0.717, 1.165) is 5.56 Å². The summed E-state index contributed by atoms with van der Waals surface area (Å²) in [5.41, 5.74) is 1.76. The predicted octanol–water partition coefficient (Wildman–Crippen LogP) is 4.01. The van der Waals surface area contributed by atoms with E-state index < -0.39 is 17.7 Å². The van der Waals surface area contributed by atoms with Crippen LogP contribution in [0.5, 0.6) is 11.5 Å². The second kappa shape index (κ2) is 9.48. The Kier molecular flexibility index (Phi) is 6.77. The van der Waals surface area contributed by atoms with Crippen LogP contribution in [0, 0.1) is 0 Å². The van der Waals surface area contributed by atoms with Crippen LogP contribution in [0.25, 0.3) is 0 Å². The van der Waals surface area contributed by atoms with Gasteiger partial charge in [-0.1, -0.05) is 49.4 Å². The number of para-hydroxylation sites is 1. The molecule has 0 saturated heterocycles. The number of Topliss-reactive ketones (excluding diaryl/α,β-unsaturated/α-hetero) is 1. The standard InChI is InChI=1S/C24H27NO5/c1-4-15-25-21(17-11-8-12-19(29-2)23(17)30-3)20(22(27)24(25)28)18(26)14-13-16-9-6-5-7-10-16/h5-12,21,27H,4,13-15H2,1-3H3. The van der Waals surface area contributed by atoms with Crippen LogP contribution in [0.4, 0.5) is 0 Å². The molecule has 1 N–H and O–H groups in total. The first-order valence-electron chi connectivity index (χ1n) is 10.1. The minimum Gasteiger partial charge on any atom is -0.503 e. The van der Waals surface area contributed by atoms with Crippen molar-refractivity contribution in [1.29, 1.82) is 0 Å². The molecule has 0 fully saturated rings. The second-order valence-corrected chi connectivity index (χ2v) is 7.15. The van der Waals surface area contributed by atoms with Gasteiger partial charge in [-0.2, -0.15) is 0 Å². The summed E-state index contributed by atoms with van der Waals surface area (Å²) < 4.78 is 11.0. The molecule has 0 aromatic heterocycles. The molecule has 3 rings (SSSR count). The summed E-state index contributed by atoms with van der Waals surface area (Å²) >= 11 is 0. The van der Waals surface area contributed by atoms with Gasteiger partial charge in [0.15, 0.2) is 23.0 Å². The zero-order valence-electron chi connectivity index (χ0n) is 17.6. The lowest BCUT2D eigenvalue weighted by molar-refractivity contribution is -0.129. The number of benzene rings is 2. The third kappa shape index (κ3) is 4.03. The Bertz CT molecular complexity index is 951. The van der Waals surface area contributed by atoms with Crippen molar-refractivity contribution in [2.45, 2.75) is 32.2 Å². The predicted molar refractivity (Wildman–Crippen MR) is 114 cm³/mol. The van der Waals surface area contributed by atoms with E-state index in [4.69, 9.17) is 9.47 Å². The third-order valence-electron chi connectivity index (χ3n) is 5.28. The van der Waals surface area contributed by atoms with Crippen LogP contribution in [0.2, 0.25) is 0 Å². The molecule has 1 heterocycles. The van der Waals surface area contributed by atoms with Gasteiger partial charge in [-0.05, 0) is 24.5 Å². The van der Waals surface area contributed by atoms with Crippen LogP contribution < -0.4 is 9.47 Å². The van der Waals surface area contributed by atoms with Gasteiger partial charge in [0, 0.05) is 18.5 Å². The summed E-state index contributed by atoms with van der Waals surface area (Å²) in [7, 11) is 3.05. The van der Waals surface area contributed by atoms with Gasteiger partial charge in [-0.25, -0.2) is 0 Å². The zero-order valence-corrected chi connectivity index (χ0v) is 17.6. The number of carbonyl (C=O) groups is 2. The molecule has 1 aliphatic heterocycles. The Hall–Kier alpha value is -3.28. The Morgan fingerprint density at radius 2 is 1.80 bits per heavy atom. The summed E-state index contributed by atoms with van der Waals surface area (Å²) in [6.07, 6.45) is 1.41. The number of methoxy groups -OCH3 is 2. The number of ketones is 1. The lowest BCUT2D eigenvalue weighted by Crippen LogP contribution is -2.32. The van der Waals surface area contributed by atoms with Crippen molar-refractivity contribution in [2.75, 3.05) is 20.8 Å². The summed E-state index contributed by atoms with van der Waals surface area (Å²) in [5, 5.41) is 10.6. The van der Waals surface area contributed by atoms with Crippen LogP contribution in [0.3, 0.4) is 0 Å². The van der Waals surface area contributed by atoms with Crippen LogP contribution in [0.15, 0.2) is 59.9 Å². The molecule has 0 spiro atoms. The molecule has 1 amide bonds. The molecule has 2 aromatic carbocycles. The number of nitrogens with zero attached hydrogens (tertiary/aromatic N) is 1. The topological polar surface area (TPSA) is 76.1 Å². The van der Waals surface area contributed by atoms with Gasteiger partial charge in [-0.3, -0.25) is 9.59 Å². The van der Waals surface area contributed by atoms with Crippen molar-refractivity contribution in [2.24, 2.45) is 0 Å². The normalized spacial score (nSPS) is 16.2. The lowest BCUT2D eigenvalue weighted by Gasteiger charge is -2.28.